The van der Waals surface area contributed by atoms with Gasteiger partial charge in [-0.3, -0.25) is 24.0 Å². The summed E-state index contributed by atoms with van der Waals surface area (Å²) in [6.45, 7) is 1.21. The van der Waals surface area contributed by atoms with Crippen molar-refractivity contribution in [2.75, 3.05) is 24.0 Å². The van der Waals surface area contributed by atoms with Crippen molar-refractivity contribution in [3.63, 3.8) is 0 Å². The number of carbonyl (C=O) groups is 6. The van der Waals surface area contributed by atoms with Gasteiger partial charge in [-0.2, -0.15) is 23.5 Å². The number of carboxylic acids is 1. The summed E-state index contributed by atoms with van der Waals surface area (Å²) in [4.78, 5) is 75.4. The van der Waals surface area contributed by atoms with Crippen molar-refractivity contribution >= 4 is 59.0 Å². The second-order valence-electron chi connectivity index (χ2n) is 10.3. The quantitative estimate of drug-likeness (QED) is 0.0718. The topological polar surface area (TPSA) is 263 Å². The van der Waals surface area contributed by atoms with E-state index in [2.05, 4.69) is 21.3 Å². The molecule has 0 saturated carbocycles. The molecular formula is C28H44N6O9S2. The fourth-order valence-corrected chi connectivity index (χ4v) is 4.92. The number of nitrogens with one attached hydrogen (secondary N) is 4. The van der Waals surface area contributed by atoms with Crippen molar-refractivity contribution in [2.24, 2.45) is 11.5 Å². The summed E-state index contributed by atoms with van der Waals surface area (Å²) in [6, 6.07) is -0.355. The van der Waals surface area contributed by atoms with Gasteiger partial charge in [-0.15, -0.1) is 0 Å². The van der Waals surface area contributed by atoms with Crippen LogP contribution in [0.1, 0.15) is 38.2 Å². The standard InChI is InChI=1S/C28H44N6O9S2/c1-15(35)23(28(42)43)34-26(40)20(11-13-45-3)31-25(39)19(10-12-44-2)32-27(41)21(14-16-4-6-17(36)7-5-16)33-24(38)18(29)8-9-22(30)37/h4-7,15,18-21,23,35-36H,8-14,29H2,1-3H3,(H2,30,37)(H,31,39)(H,32,41)(H,33,38)(H,34,40)(H,42,43)/t15-,18+,19+,20+,21+,23+/m1/s1. The van der Waals surface area contributed by atoms with Gasteiger partial charge in [0.2, 0.25) is 29.5 Å². The zero-order valence-electron chi connectivity index (χ0n) is 25.5. The van der Waals surface area contributed by atoms with Gasteiger partial charge in [0.05, 0.1) is 12.1 Å². The first-order valence-electron chi connectivity index (χ1n) is 14.1. The molecule has 17 heteroatoms. The zero-order valence-corrected chi connectivity index (χ0v) is 27.1. The number of aliphatic hydroxyl groups is 1. The molecule has 0 spiro atoms. The summed E-state index contributed by atoms with van der Waals surface area (Å²) < 4.78 is 0. The summed E-state index contributed by atoms with van der Waals surface area (Å²) in [5, 5.41) is 38.8. The van der Waals surface area contributed by atoms with Gasteiger partial charge >= 0.3 is 5.97 Å². The Hall–Kier alpha value is -3.54. The Balaban J connectivity index is 3.21. The number of thioether (sulfide) groups is 2. The van der Waals surface area contributed by atoms with Crippen LogP contribution in [-0.2, 0) is 35.2 Å². The van der Waals surface area contributed by atoms with Crippen molar-refractivity contribution in [2.45, 2.75) is 75.3 Å². The molecule has 6 atom stereocenters. The Kier molecular flexibility index (Phi) is 18.0. The largest absolute Gasteiger partial charge is 0.508 e. The van der Waals surface area contributed by atoms with Crippen molar-refractivity contribution in [3.8, 4) is 5.75 Å². The minimum absolute atomic E-state index is 0.00533. The Morgan fingerprint density at radius 2 is 1.24 bits per heavy atom. The molecule has 0 saturated heterocycles. The summed E-state index contributed by atoms with van der Waals surface area (Å²) in [5.41, 5.74) is 11.6. The maximum atomic E-state index is 13.6. The second kappa shape index (κ2) is 20.5. The number of rotatable bonds is 21. The van der Waals surface area contributed by atoms with E-state index in [1.54, 1.807) is 24.6 Å². The first kappa shape index (κ1) is 39.5. The molecule has 1 aromatic carbocycles. The van der Waals surface area contributed by atoms with Gasteiger partial charge < -0.3 is 48.1 Å². The van der Waals surface area contributed by atoms with Gasteiger partial charge in [-0.25, -0.2) is 4.79 Å². The number of aromatic hydroxyl groups is 1. The van der Waals surface area contributed by atoms with E-state index >= 15 is 0 Å². The van der Waals surface area contributed by atoms with Crippen LogP contribution in [0.15, 0.2) is 24.3 Å². The zero-order chi connectivity index (χ0) is 34.1. The highest BCUT2D eigenvalue weighted by Gasteiger charge is 2.32. The first-order valence-corrected chi connectivity index (χ1v) is 16.9. The van der Waals surface area contributed by atoms with Crippen LogP contribution in [0.2, 0.25) is 0 Å². The normalized spacial score (nSPS) is 15.0. The van der Waals surface area contributed by atoms with Crippen molar-refractivity contribution in [1.29, 1.82) is 0 Å². The Morgan fingerprint density at radius 3 is 1.69 bits per heavy atom. The molecule has 0 aliphatic rings. The molecule has 1 rings (SSSR count). The highest BCUT2D eigenvalue weighted by atomic mass is 32.2. The predicted molar refractivity (Wildman–Crippen MR) is 171 cm³/mol. The monoisotopic (exact) mass is 672 g/mol. The minimum Gasteiger partial charge on any atom is -0.508 e. The fourth-order valence-electron chi connectivity index (χ4n) is 3.98. The smallest absolute Gasteiger partial charge is 0.328 e. The summed E-state index contributed by atoms with van der Waals surface area (Å²) in [5.74, 6) is -4.21. The molecule has 1 aromatic rings. The van der Waals surface area contributed by atoms with E-state index in [1.165, 1.54) is 42.6 Å². The number of primary amides is 1. The number of amides is 5. The lowest BCUT2D eigenvalue weighted by Gasteiger charge is -2.27. The van der Waals surface area contributed by atoms with Crippen LogP contribution in [0.3, 0.4) is 0 Å². The van der Waals surface area contributed by atoms with E-state index < -0.39 is 71.8 Å². The van der Waals surface area contributed by atoms with E-state index in [-0.39, 0.29) is 37.9 Å². The van der Waals surface area contributed by atoms with Crippen LogP contribution in [0, 0.1) is 0 Å². The Bertz CT molecular complexity index is 1160. The average molecular weight is 673 g/mol. The number of carboxylic acid groups (broad SMARTS) is 1. The molecular weight excluding hydrogens is 628 g/mol. The summed E-state index contributed by atoms with van der Waals surface area (Å²) in [6.07, 6.45) is 2.25. The number of hydrogen-bond acceptors (Lipinski definition) is 11. The lowest BCUT2D eigenvalue weighted by Crippen LogP contribution is -2.59. The van der Waals surface area contributed by atoms with Crippen LogP contribution >= 0.6 is 23.5 Å². The molecule has 0 aromatic heterocycles. The maximum Gasteiger partial charge on any atom is 0.328 e. The number of phenols is 1. The molecule has 0 heterocycles. The fraction of sp³-hybridized carbons (Fsp3) is 0.571. The van der Waals surface area contributed by atoms with Crippen molar-refractivity contribution in [3.05, 3.63) is 29.8 Å². The van der Waals surface area contributed by atoms with E-state index in [4.69, 9.17) is 11.5 Å². The Labute approximate surface area is 270 Å². The van der Waals surface area contributed by atoms with E-state index in [0.717, 1.165) is 0 Å². The average Bonchev–Trinajstić information content (AvgIpc) is 2.98. The predicted octanol–water partition coefficient (Wildman–Crippen LogP) is -1.56. The van der Waals surface area contributed by atoms with Gasteiger partial charge in [0, 0.05) is 12.8 Å². The summed E-state index contributed by atoms with van der Waals surface area (Å²) >= 11 is 2.80. The lowest BCUT2D eigenvalue weighted by atomic mass is 10.0. The van der Waals surface area contributed by atoms with Crippen LogP contribution in [-0.4, -0.2) is 111 Å². The van der Waals surface area contributed by atoms with Gasteiger partial charge in [-0.1, -0.05) is 12.1 Å². The van der Waals surface area contributed by atoms with Gasteiger partial charge in [0.15, 0.2) is 6.04 Å². The Morgan fingerprint density at radius 1 is 0.778 bits per heavy atom. The van der Waals surface area contributed by atoms with Crippen LogP contribution in [0.5, 0.6) is 5.75 Å². The van der Waals surface area contributed by atoms with Crippen LogP contribution in [0.25, 0.3) is 0 Å². The molecule has 0 radical (unpaired) electrons. The van der Waals surface area contributed by atoms with E-state index in [9.17, 15) is 44.1 Å². The van der Waals surface area contributed by atoms with E-state index in [1.807, 2.05) is 0 Å². The van der Waals surface area contributed by atoms with E-state index in [0.29, 0.717) is 17.1 Å². The third-order valence-electron chi connectivity index (χ3n) is 6.58. The first-order chi connectivity index (χ1) is 21.2. The lowest BCUT2D eigenvalue weighted by molar-refractivity contribution is -0.145. The molecule has 11 N–H and O–H groups in total. The van der Waals surface area contributed by atoms with Crippen LogP contribution in [0.4, 0.5) is 0 Å². The van der Waals surface area contributed by atoms with Crippen molar-refractivity contribution < 1.29 is 44.1 Å². The molecule has 15 nitrogen and oxygen atoms in total. The van der Waals surface area contributed by atoms with Gasteiger partial charge in [0.1, 0.15) is 23.9 Å². The third-order valence-corrected chi connectivity index (χ3v) is 7.87. The SMILES string of the molecule is CSCC[C@H](NC(=O)[C@H](Cc1ccc(O)cc1)NC(=O)[C@@H](N)CCC(N)=O)C(=O)N[C@@H](CCSC)C(=O)N[C@H](C(=O)O)[C@@H](C)O. The number of nitrogens with two attached hydrogens (primary N) is 2. The number of aliphatic carboxylic acids is 1. The molecule has 45 heavy (non-hydrogen) atoms. The molecule has 0 aliphatic carbocycles. The molecule has 0 aliphatic heterocycles. The molecule has 252 valence electrons. The maximum absolute atomic E-state index is 13.6. The number of carbonyl (C=O) groups excluding carboxylic acids is 5. The summed E-state index contributed by atoms with van der Waals surface area (Å²) in [7, 11) is 0. The van der Waals surface area contributed by atoms with Crippen molar-refractivity contribution in [1.82, 2.24) is 21.3 Å². The van der Waals surface area contributed by atoms with Gasteiger partial charge in [0.25, 0.3) is 0 Å². The third kappa shape index (κ3) is 14.9. The minimum atomic E-state index is -1.60. The van der Waals surface area contributed by atoms with Crippen LogP contribution < -0.4 is 32.7 Å². The second-order valence-corrected chi connectivity index (χ2v) is 12.3. The highest BCUT2D eigenvalue weighted by molar-refractivity contribution is 7.98. The number of aliphatic hydroxyl groups excluding tert-OH is 1. The molecule has 5 amide bonds. The highest BCUT2D eigenvalue weighted by Crippen LogP contribution is 2.13. The molecule has 0 bridgehead atoms. The number of benzene rings is 1. The number of phenolic OH excluding ortho intramolecular Hbond substituents is 1. The number of hydrogen-bond donors (Lipinski definition) is 9. The molecule has 0 fully saturated rings. The molecule has 0 unspecified atom stereocenters. The van der Waals surface area contributed by atoms with Gasteiger partial charge in [-0.05, 0) is 67.9 Å².